The van der Waals surface area contributed by atoms with Gasteiger partial charge in [-0.15, -0.1) is 0 Å². The molecule has 1 saturated heterocycles. The van der Waals surface area contributed by atoms with E-state index in [4.69, 9.17) is 4.74 Å². The maximum Gasteiger partial charge on any atom is 0.167 e. The van der Waals surface area contributed by atoms with Crippen molar-refractivity contribution in [3.05, 3.63) is 12.3 Å². The molecule has 1 aliphatic heterocycles. The van der Waals surface area contributed by atoms with Gasteiger partial charge in [-0.1, -0.05) is 19.4 Å². The maximum absolute atomic E-state index is 10.0. The zero-order valence-electron chi connectivity index (χ0n) is 9.67. The minimum absolute atomic E-state index is 0.000885. The summed E-state index contributed by atoms with van der Waals surface area (Å²) in [6, 6.07) is 0.00177. The van der Waals surface area contributed by atoms with Crippen LogP contribution in [0.15, 0.2) is 12.3 Å². The van der Waals surface area contributed by atoms with Gasteiger partial charge in [0.05, 0.1) is 18.7 Å². The Morgan fingerprint density at radius 3 is 2.19 bits per heavy atom. The predicted molar refractivity (Wildman–Crippen MR) is 57.8 cm³/mol. The van der Waals surface area contributed by atoms with E-state index in [1.165, 1.54) is 10.1 Å². The summed E-state index contributed by atoms with van der Waals surface area (Å²) < 4.78 is 5.27. The minimum Gasteiger partial charge on any atom is -0.496 e. The van der Waals surface area contributed by atoms with Crippen LogP contribution in [0.5, 0.6) is 0 Å². The molecule has 92 valence electrons. The van der Waals surface area contributed by atoms with Crippen molar-refractivity contribution in [3.8, 4) is 0 Å². The van der Waals surface area contributed by atoms with Crippen molar-refractivity contribution in [2.75, 3.05) is 6.61 Å². The summed E-state index contributed by atoms with van der Waals surface area (Å²) >= 11 is 0. The number of ether oxygens (including phenoxy) is 1. The fraction of sp³-hybridized carbons (Fsp3) is 0.818. The summed E-state index contributed by atoms with van der Waals surface area (Å²) in [5.74, 6) is 0.405. The van der Waals surface area contributed by atoms with Crippen LogP contribution < -0.4 is 0 Å². The highest BCUT2D eigenvalue weighted by atomic mass is 16.6. The molecule has 0 spiro atoms. The third-order valence-corrected chi connectivity index (χ3v) is 3.49. The van der Waals surface area contributed by atoms with Crippen molar-refractivity contribution in [3.63, 3.8) is 0 Å². The third kappa shape index (κ3) is 1.84. The highest BCUT2D eigenvalue weighted by Crippen LogP contribution is 2.36. The lowest BCUT2D eigenvalue weighted by molar-refractivity contribution is -0.204. The van der Waals surface area contributed by atoms with Crippen molar-refractivity contribution in [1.29, 1.82) is 0 Å². The molecule has 0 aromatic carbocycles. The van der Waals surface area contributed by atoms with E-state index in [2.05, 4.69) is 6.58 Å². The quantitative estimate of drug-likeness (QED) is 0.718. The van der Waals surface area contributed by atoms with Crippen LogP contribution in [0.2, 0.25) is 0 Å². The van der Waals surface area contributed by atoms with E-state index in [-0.39, 0.29) is 12.1 Å². The van der Waals surface area contributed by atoms with E-state index in [9.17, 15) is 10.4 Å². The molecule has 0 amide bonds. The molecule has 1 aliphatic carbocycles. The van der Waals surface area contributed by atoms with Gasteiger partial charge in [-0.05, 0) is 19.8 Å². The molecule has 16 heavy (non-hydrogen) atoms. The molecule has 2 rings (SSSR count). The first kappa shape index (κ1) is 11.9. The topological polar surface area (TPSA) is 56.2 Å². The molecule has 5 heteroatoms. The average molecular weight is 228 g/mol. The first-order valence-electron chi connectivity index (χ1n) is 5.92. The zero-order valence-corrected chi connectivity index (χ0v) is 9.67. The molecule has 0 bridgehead atoms. The van der Waals surface area contributed by atoms with E-state index in [1.54, 1.807) is 0 Å². The van der Waals surface area contributed by atoms with Crippen LogP contribution in [0.4, 0.5) is 0 Å². The van der Waals surface area contributed by atoms with Gasteiger partial charge in [0.2, 0.25) is 0 Å². The Kier molecular flexibility index (Phi) is 3.49. The standard InChI is InChI=1S/C11H20N2O3/c1-3-16-8(2)11-12(14)9-6-4-5-7-10(9)13(11)15/h9-11,14-15H,2-7H2,1H3. The predicted octanol–water partition coefficient (Wildman–Crippen LogP) is 1.57. The van der Waals surface area contributed by atoms with Gasteiger partial charge in [-0.25, -0.2) is 0 Å². The van der Waals surface area contributed by atoms with E-state index in [0.717, 1.165) is 25.7 Å². The minimum atomic E-state index is -0.618. The highest BCUT2D eigenvalue weighted by molar-refractivity contribution is 5.04. The lowest BCUT2D eigenvalue weighted by Crippen LogP contribution is -2.39. The third-order valence-electron chi connectivity index (χ3n) is 3.49. The van der Waals surface area contributed by atoms with Gasteiger partial charge < -0.3 is 15.2 Å². The maximum atomic E-state index is 10.0. The average Bonchev–Trinajstić information content (AvgIpc) is 2.53. The number of rotatable bonds is 3. The van der Waals surface area contributed by atoms with Gasteiger partial charge in [0.25, 0.3) is 0 Å². The van der Waals surface area contributed by atoms with Crippen LogP contribution in [0, 0.1) is 0 Å². The molecule has 2 N–H and O–H groups in total. The van der Waals surface area contributed by atoms with Gasteiger partial charge in [-0.3, -0.25) is 0 Å². The zero-order chi connectivity index (χ0) is 11.7. The van der Waals surface area contributed by atoms with Crippen LogP contribution in [-0.2, 0) is 4.74 Å². The molecule has 2 fully saturated rings. The molecule has 2 atom stereocenters. The molecule has 5 nitrogen and oxygen atoms in total. The van der Waals surface area contributed by atoms with Crippen LogP contribution in [0.3, 0.4) is 0 Å². The number of fused-ring (bicyclic) bond motifs is 1. The van der Waals surface area contributed by atoms with Gasteiger partial charge in [-0.2, -0.15) is 10.1 Å². The molecule has 1 saturated carbocycles. The molecule has 0 aromatic heterocycles. The van der Waals surface area contributed by atoms with Gasteiger partial charge in [0.1, 0.15) is 5.76 Å². The van der Waals surface area contributed by atoms with Gasteiger partial charge >= 0.3 is 0 Å². The fourth-order valence-electron chi connectivity index (χ4n) is 2.75. The van der Waals surface area contributed by atoms with E-state index in [1.807, 2.05) is 6.92 Å². The Morgan fingerprint density at radius 1 is 1.25 bits per heavy atom. The second-order valence-corrected chi connectivity index (χ2v) is 4.45. The van der Waals surface area contributed by atoms with Gasteiger partial charge in [0, 0.05) is 0 Å². The van der Waals surface area contributed by atoms with Gasteiger partial charge in [0.15, 0.2) is 6.17 Å². The van der Waals surface area contributed by atoms with Crippen LogP contribution in [0.1, 0.15) is 32.6 Å². The Hall–Kier alpha value is -0.620. The second-order valence-electron chi connectivity index (χ2n) is 4.45. The number of hydroxylamine groups is 4. The second kappa shape index (κ2) is 4.71. The van der Waals surface area contributed by atoms with Crippen molar-refractivity contribution in [2.24, 2.45) is 0 Å². The Morgan fingerprint density at radius 2 is 1.75 bits per heavy atom. The summed E-state index contributed by atoms with van der Waals surface area (Å²) in [7, 11) is 0. The van der Waals surface area contributed by atoms with E-state index in [0.29, 0.717) is 12.4 Å². The molecule has 2 aliphatic rings. The Balaban J connectivity index is 2.11. The number of hydrogen-bond acceptors (Lipinski definition) is 5. The number of hydrogen-bond donors (Lipinski definition) is 2. The van der Waals surface area contributed by atoms with Crippen LogP contribution in [-0.4, -0.2) is 45.4 Å². The summed E-state index contributed by atoms with van der Waals surface area (Å²) in [4.78, 5) is 0. The molecular formula is C11H20N2O3. The molecule has 2 unspecified atom stereocenters. The molecule has 1 heterocycles. The lowest BCUT2D eigenvalue weighted by Gasteiger charge is -2.27. The summed E-state index contributed by atoms with van der Waals surface area (Å²) in [5.41, 5.74) is 0. The van der Waals surface area contributed by atoms with Crippen molar-refractivity contribution in [1.82, 2.24) is 10.1 Å². The van der Waals surface area contributed by atoms with Crippen LogP contribution in [0.25, 0.3) is 0 Å². The fourth-order valence-corrected chi connectivity index (χ4v) is 2.75. The summed E-state index contributed by atoms with van der Waals surface area (Å²) in [6.45, 7) is 6.11. The van der Waals surface area contributed by atoms with Crippen LogP contribution >= 0.6 is 0 Å². The normalized spacial score (nSPS) is 36.1. The first-order chi connectivity index (χ1) is 7.66. The number of nitrogens with zero attached hydrogens (tertiary/aromatic N) is 2. The lowest BCUT2D eigenvalue weighted by atomic mass is 9.91. The molecule has 0 aromatic rings. The van der Waals surface area contributed by atoms with Crippen molar-refractivity contribution < 1.29 is 15.2 Å². The molecular weight excluding hydrogens is 208 g/mol. The van der Waals surface area contributed by atoms with E-state index >= 15 is 0 Å². The first-order valence-corrected chi connectivity index (χ1v) is 5.92. The Bertz CT molecular complexity index is 254. The molecule has 0 radical (unpaired) electrons. The smallest absolute Gasteiger partial charge is 0.167 e. The monoisotopic (exact) mass is 228 g/mol. The largest absolute Gasteiger partial charge is 0.496 e. The van der Waals surface area contributed by atoms with Crippen molar-refractivity contribution >= 4 is 0 Å². The SMILES string of the molecule is C=C(OCC)C1N(O)C2CCCCC2N1O. The summed E-state index contributed by atoms with van der Waals surface area (Å²) in [6.07, 6.45) is 3.40. The summed E-state index contributed by atoms with van der Waals surface area (Å²) in [5, 5.41) is 22.5. The van der Waals surface area contributed by atoms with E-state index < -0.39 is 6.17 Å². The van der Waals surface area contributed by atoms with Crippen molar-refractivity contribution in [2.45, 2.75) is 50.9 Å². The highest BCUT2D eigenvalue weighted by Gasteiger charge is 2.49. The Labute approximate surface area is 95.8 Å².